The molecule has 2 heteroatoms. The fraction of sp³-hybridized carbons (Fsp3) is 0.318. The highest BCUT2D eigenvalue weighted by molar-refractivity contribution is 5.40. The van der Waals surface area contributed by atoms with Crippen molar-refractivity contribution in [2.45, 2.75) is 44.3 Å². The number of rotatable bonds is 4. The van der Waals surface area contributed by atoms with Crippen LogP contribution in [0.4, 0.5) is 0 Å². The molecular weight excluding hydrogens is 292 g/mol. The molecule has 0 aromatic heterocycles. The molecule has 2 atom stereocenters. The van der Waals surface area contributed by atoms with E-state index in [2.05, 4.69) is 53.4 Å². The fourth-order valence-electron chi connectivity index (χ4n) is 4.21. The quantitative estimate of drug-likeness (QED) is 0.779. The Morgan fingerprint density at radius 2 is 1.79 bits per heavy atom. The molecule has 2 bridgehead atoms. The van der Waals surface area contributed by atoms with Crippen molar-refractivity contribution in [2.75, 3.05) is 0 Å². The van der Waals surface area contributed by atoms with Gasteiger partial charge in [-0.25, -0.2) is 0 Å². The summed E-state index contributed by atoms with van der Waals surface area (Å²) in [5, 5.41) is 9.29. The molecule has 0 N–H and O–H groups in total. The molecular formula is C22H22N2. The molecule has 2 heterocycles. The molecule has 0 aliphatic carbocycles. The van der Waals surface area contributed by atoms with Crippen molar-refractivity contribution in [3.05, 3.63) is 82.9 Å². The van der Waals surface area contributed by atoms with Gasteiger partial charge in [-0.3, -0.25) is 4.90 Å². The van der Waals surface area contributed by atoms with Gasteiger partial charge in [0.2, 0.25) is 0 Å². The lowest BCUT2D eigenvalue weighted by molar-refractivity contribution is 0.194. The van der Waals surface area contributed by atoms with Crippen LogP contribution in [0.15, 0.2) is 66.2 Å². The van der Waals surface area contributed by atoms with Crippen molar-refractivity contribution in [1.82, 2.24) is 4.90 Å². The van der Waals surface area contributed by atoms with Gasteiger partial charge >= 0.3 is 0 Å². The third-order valence-corrected chi connectivity index (χ3v) is 5.38. The number of nitriles is 1. The highest BCUT2D eigenvalue weighted by atomic mass is 15.2. The second-order valence-corrected chi connectivity index (χ2v) is 6.93. The molecule has 4 rings (SSSR count). The zero-order chi connectivity index (χ0) is 16.4. The summed E-state index contributed by atoms with van der Waals surface area (Å²) >= 11 is 0. The van der Waals surface area contributed by atoms with Crippen LogP contribution in [-0.2, 0) is 13.0 Å². The average molecular weight is 314 g/mol. The zero-order valence-corrected chi connectivity index (χ0v) is 13.9. The van der Waals surface area contributed by atoms with Crippen LogP contribution in [0.25, 0.3) is 0 Å². The lowest BCUT2D eigenvalue weighted by Gasteiger charge is -2.34. The summed E-state index contributed by atoms with van der Waals surface area (Å²) in [5.74, 6) is 0. The van der Waals surface area contributed by atoms with Crippen molar-refractivity contribution >= 4 is 0 Å². The lowest BCUT2D eigenvalue weighted by atomic mass is 9.93. The van der Waals surface area contributed by atoms with E-state index in [0.29, 0.717) is 12.1 Å². The third kappa shape index (κ3) is 3.00. The molecule has 2 aromatic carbocycles. The number of hydrogen-bond donors (Lipinski definition) is 0. The molecule has 0 amide bonds. The van der Waals surface area contributed by atoms with Crippen LogP contribution in [-0.4, -0.2) is 17.0 Å². The fourth-order valence-corrected chi connectivity index (χ4v) is 4.21. The first-order valence-corrected chi connectivity index (χ1v) is 8.81. The maximum absolute atomic E-state index is 9.29. The largest absolute Gasteiger partial charge is 0.289 e. The van der Waals surface area contributed by atoms with E-state index in [0.717, 1.165) is 24.9 Å². The van der Waals surface area contributed by atoms with Crippen LogP contribution in [0.1, 0.15) is 36.0 Å². The molecule has 2 aliphatic heterocycles. The van der Waals surface area contributed by atoms with E-state index in [1.165, 1.54) is 29.5 Å². The second-order valence-electron chi connectivity index (χ2n) is 6.93. The normalized spacial score (nSPS) is 22.9. The second kappa shape index (κ2) is 6.63. The smallest absolute Gasteiger partial charge is 0.0994 e. The Bertz CT molecular complexity index is 785. The van der Waals surface area contributed by atoms with Gasteiger partial charge in [0.25, 0.3) is 0 Å². The average Bonchev–Trinajstić information content (AvgIpc) is 2.85. The zero-order valence-electron chi connectivity index (χ0n) is 13.9. The number of nitrogens with zero attached hydrogens (tertiary/aromatic N) is 2. The summed E-state index contributed by atoms with van der Waals surface area (Å²) in [5.41, 5.74) is 4.90. The Labute approximate surface area is 144 Å². The van der Waals surface area contributed by atoms with Gasteiger partial charge < -0.3 is 0 Å². The summed E-state index contributed by atoms with van der Waals surface area (Å²) in [6.07, 6.45) is 7.10. The topological polar surface area (TPSA) is 27.0 Å². The van der Waals surface area contributed by atoms with E-state index >= 15 is 0 Å². The monoisotopic (exact) mass is 314 g/mol. The van der Waals surface area contributed by atoms with Crippen LogP contribution in [0.5, 0.6) is 0 Å². The van der Waals surface area contributed by atoms with E-state index in [-0.39, 0.29) is 0 Å². The van der Waals surface area contributed by atoms with Gasteiger partial charge in [0.15, 0.2) is 0 Å². The Morgan fingerprint density at radius 3 is 2.58 bits per heavy atom. The molecule has 120 valence electrons. The SMILES string of the molecule is N#Cc1ccccc1CC1=CC2CCC(C1)N2Cc1ccccc1. The van der Waals surface area contributed by atoms with Gasteiger partial charge in [-0.05, 0) is 42.9 Å². The first-order valence-electron chi connectivity index (χ1n) is 8.81. The van der Waals surface area contributed by atoms with Crippen LogP contribution in [0.2, 0.25) is 0 Å². The highest BCUT2D eigenvalue weighted by Crippen LogP contribution is 2.37. The van der Waals surface area contributed by atoms with Gasteiger partial charge in [0.1, 0.15) is 0 Å². The maximum atomic E-state index is 9.29. The summed E-state index contributed by atoms with van der Waals surface area (Å²) in [6, 6.07) is 22.3. The van der Waals surface area contributed by atoms with Gasteiger partial charge in [0, 0.05) is 18.6 Å². The Morgan fingerprint density at radius 1 is 1.00 bits per heavy atom. The molecule has 2 aliphatic rings. The van der Waals surface area contributed by atoms with Crippen molar-refractivity contribution in [2.24, 2.45) is 0 Å². The van der Waals surface area contributed by atoms with Crippen molar-refractivity contribution in [3.63, 3.8) is 0 Å². The summed E-state index contributed by atoms with van der Waals surface area (Å²) in [4.78, 5) is 2.66. The molecule has 0 radical (unpaired) electrons. The molecule has 2 nitrogen and oxygen atoms in total. The third-order valence-electron chi connectivity index (χ3n) is 5.38. The minimum absolute atomic E-state index is 0.563. The van der Waals surface area contributed by atoms with Gasteiger partial charge in [-0.1, -0.05) is 60.2 Å². The predicted molar refractivity (Wildman–Crippen MR) is 96.4 cm³/mol. The summed E-state index contributed by atoms with van der Waals surface area (Å²) in [7, 11) is 0. The van der Waals surface area contributed by atoms with Crippen molar-refractivity contribution < 1.29 is 0 Å². The summed E-state index contributed by atoms with van der Waals surface area (Å²) in [6.45, 7) is 1.05. The standard InChI is InChI=1S/C22H22N2/c23-15-20-9-5-4-8-19(20)12-18-13-21-10-11-22(14-18)24(21)16-17-6-2-1-3-7-17/h1-9,13,21-22H,10-12,14,16H2. The Balaban J connectivity index is 1.51. The van der Waals surface area contributed by atoms with Crippen LogP contribution in [0.3, 0.4) is 0 Å². The van der Waals surface area contributed by atoms with Gasteiger partial charge in [0.05, 0.1) is 11.6 Å². The Hall–Kier alpha value is -2.37. The van der Waals surface area contributed by atoms with Gasteiger partial charge in [-0.2, -0.15) is 5.26 Å². The number of benzene rings is 2. The molecule has 1 fully saturated rings. The molecule has 0 spiro atoms. The van der Waals surface area contributed by atoms with Crippen LogP contribution < -0.4 is 0 Å². The maximum Gasteiger partial charge on any atom is 0.0994 e. The van der Waals surface area contributed by atoms with Crippen LogP contribution in [0, 0.1) is 11.3 Å². The minimum atomic E-state index is 0.563. The predicted octanol–water partition coefficient (Wildman–Crippen LogP) is 4.46. The lowest BCUT2D eigenvalue weighted by Crippen LogP contribution is -2.38. The number of hydrogen-bond acceptors (Lipinski definition) is 2. The molecule has 2 aromatic rings. The molecule has 0 saturated carbocycles. The van der Waals surface area contributed by atoms with Crippen molar-refractivity contribution in [3.8, 4) is 6.07 Å². The first-order chi connectivity index (χ1) is 11.8. The summed E-state index contributed by atoms with van der Waals surface area (Å²) < 4.78 is 0. The van der Waals surface area contributed by atoms with Gasteiger partial charge in [-0.15, -0.1) is 0 Å². The van der Waals surface area contributed by atoms with E-state index in [1.807, 2.05) is 18.2 Å². The molecule has 24 heavy (non-hydrogen) atoms. The molecule has 1 saturated heterocycles. The minimum Gasteiger partial charge on any atom is -0.289 e. The number of fused-ring (bicyclic) bond motifs is 2. The van der Waals surface area contributed by atoms with E-state index < -0.39 is 0 Å². The highest BCUT2D eigenvalue weighted by Gasteiger charge is 2.36. The first kappa shape index (κ1) is 15.2. The van der Waals surface area contributed by atoms with Crippen LogP contribution >= 0.6 is 0 Å². The molecule has 2 unspecified atom stereocenters. The van der Waals surface area contributed by atoms with E-state index in [4.69, 9.17) is 0 Å². The van der Waals surface area contributed by atoms with E-state index in [9.17, 15) is 5.26 Å². The Kier molecular flexibility index (Phi) is 4.19. The van der Waals surface area contributed by atoms with E-state index in [1.54, 1.807) is 0 Å². The van der Waals surface area contributed by atoms with Crippen molar-refractivity contribution in [1.29, 1.82) is 5.26 Å².